The third-order valence-corrected chi connectivity index (χ3v) is 4.92. The maximum atomic E-state index is 2.24. The molecule has 0 aliphatic carbocycles. The standard InChI is InChI=1S/C24H20/c1-17-19(13-15-21-7-3-5-9-23(17)21)11-12-20-14-16-22-8-4-6-10-24(22)18(20)2/h3-16H,1-2H3. The third kappa shape index (κ3) is 2.51. The second kappa shape index (κ2) is 5.98. The van der Waals surface area contributed by atoms with Crippen molar-refractivity contribution < 1.29 is 0 Å². The normalized spacial score (nSPS) is 11.6. The fourth-order valence-electron chi connectivity index (χ4n) is 3.43. The average molecular weight is 308 g/mol. The van der Waals surface area contributed by atoms with Crippen molar-refractivity contribution in [2.24, 2.45) is 0 Å². The smallest absolute Gasteiger partial charge is 0.0149 e. The molecular weight excluding hydrogens is 288 g/mol. The fourth-order valence-corrected chi connectivity index (χ4v) is 3.43. The number of benzene rings is 4. The third-order valence-electron chi connectivity index (χ3n) is 4.92. The molecule has 4 aromatic rings. The Bertz CT molecular complexity index is 981. The number of hydrogen-bond acceptors (Lipinski definition) is 0. The van der Waals surface area contributed by atoms with E-state index >= 15 is 0 Å². The molecule has 0 N–H and O–H groups in total. The molecule has 4 rings (SSSR count). The summed E-state index contributed by atoms with van der Waals surface area (Å²) in [5.41, 5.74) is 5.23. The van der Waals surface area contributed by atoms with Crippen molar-refractivity contribution in [2.45, 2.75) is 13.8 Å². The van der Waals surface area contributed by atoms with Crippen molar-refractivity contribution in [2.75, 3.05) is 0 Å². The van der Waals surface area contributed by atoms with Gasteiger partial charge >= 0.3 is 0 Å². The zero-order valence-electron chi connectivity index (χ0n) is 14.1. The maximum absolute atomic E-state index is 2.24. The van der Waals surface area contributed by atoms with E-state index in [1.807, 2.05) is 0 Å². The van der Waals surface area contributed by atoms with Crippen molar-refractivity contribution in [3.63, 3.8) is 0 Å². The van der Waals surface area contributed by atoms with Crippen molar-refractivity contribution in [1.82, 2.24) is 0 Å². The van der Waals surface area contributed by atoms with Gasteiger partial charge in [-0.1, -0.05) is 84.9 Å². The maximum Gasteiger partial charge on any atom is -0.0149 e. The zero-order valence-corrected chi connectivity index (χ0v) is 14.1. The summed E-state index contributed by atoms with van der Waals surface area (Å²) in [5, 5.41) is 5.26. The molecule has 0 radical (unpaired) electrons. The first-order chi connectivity index (χ1) is 11.7. The molecule has 0 aliphatic rings. The van der Waals surface area contributed by atoms with Gasteiger partial charge in [-0.25, -0.2) is 0 Å². The highest BCUT2D eigenvalue weighted by Gasteiger charge is 2.03. The minimum Gasteiger partial charge on any atom is -0.0616 e. The molecule has 0 heteroatoms. The Morgan fingerprint density at radius 3 is 1.38 bits per heavy atom. The lowest BCUT2D eigenvalue weighted by Crippen LogP contribution is -1.85. The summed E-state index contributed by atoms with van der Waals surface area (Å²) in [5.74, 6) is 0. The van der Waals surface area contributed by atoms with Gasteiger partial charge in [0, 0.05) is 0 Å². The molecule has 0 heterocycles. The van der Waals surface area contributed by atoms with E-state index < -0.39 is 0 Å². The summed E-state index contributed by atoms with van der Waals surface area (Å²) in [4.78, 5) is 0. The van der Waals surface area contributed by atoms with E-state index in [4.69, 9.17) is 0 Å². The summed E-state index contributed by atoms with van der Waals surface area (Å²) >= 11 is 0. The van der Waals surface area contributed by atoms with Crippen LogP contribution in [0, 0.1) is 13.8 Å². The number of fused-ring (bicyclic) bond motifs is 2. The lowest BCUT2D eigenvalue weighted by atomic mass is 9.97. The van der Waals surface area contributed by atoms with Crippen LogP contribution in [0.4, 0.5) is 0 Å². The van der Waals surface area contributed by atoms with Crippen LogP contribution in [-0.2, 0) is 0 Å². The van der Waals surface area contributed by atoms with Crippen molar-refractivity contribution in [1.29, 1.82) is 0 Å². The molecule has 0 nitrogen and oxygen atoms in total. The SMILES string of the molecule is Cc1c(C=Cc2ccc3ccccc3c2C)ccc2ccccc12. The quantitative estimate of drug-likeness (QED) is 0.358. The molecule has 0 fully saturated rings. The molecule has 0 spiro atoms. The second-order valence-electron chi connectivity index (χ2n) is 6.34. The Morgan fingerprint density at radius 1 is 0.500 bits per heavy atom. The van der Waals surface area contributed by atoms with E-state index in [0.717, 1.165) is 0 Å². The van der Waals surface area contributed by atoms with Gasteiger partial charge in [-0.2, -0.15) is 0 Å². The first-order valence-corrected chi connectivity index (χ1v) is 8.39. The molecule has 0 aromatic heterocycles. The van der Waals surface area contributed by atoms with Crippen LogP contribution in [0.1, 0.15) is 22.3 Å². The summed E-state index contributed by atoms with van der Waals surface area (Å²) in [6, 6.07) is 26.0. The van der Waals surface area contributed by atoms with Gasteiger partial charge in [-0.15, -0.1) is 0 Å². The Hall–Kier alpha value is -2.86. The molecule has 0 bridgehead atoms. The summed E-state index contributed by atoms with van der Waals surface area (Å²) < 4.78 is 0. The number of hydrogen-bond donors (Lipinski definition) is 0. The van der Waals surface area contributed by atoms with Crippen LogP contribution in [0.15, 0.2) is 72.8 Å². The van der Waals surface area contributed by atoms with Crippen LogP contribution >= 0.6 is 0 Å². The second-order valence-corrected chi connectivity index (χ2v) is 6.34. The molecule has 0 saturated heterocycles. The van der Waals surface area contributed by atoms with E-state index in [1.54, 1.807) is 0 Å². The molecule has 0 atom stereocenters. The number of aryl methyl sites for hydroxylation is 2. The van der Waals surface area contributed by atoms with E-state index in [-0.39, 0.29) is 0 Å². The van der Waals surface area contributed by atoms with Gasteiger partial charge in [0.05, 0.1) is 0 Å². The Labute approximate surface area is 143 Å². The van der Waals surface area contributed by atoms with Gasteiger partial charge < -0.3 is 0 Å². The Morgan fingerprint density at radius 2 is 0.917 bits per heavy atom. The molecule has 0 unspecified atom stereocenters. The lowest BCUT2D eigenvalue weighted by Gasteiger charge is -2.08. The monoisotopic (exact) mass is 308 g/mol. The summed E-state index contributed by atoms with van der Waals surface area (Å²) in [7, 11) is 0. The van der Waals surface area contributed by atoms with E-state index in [9.17, 15) is 0 Å². The molecular formula is C24H20. The topological polar surface area (TPSA) is 0 Å². The first kappa shape index (κ1) is 14.7. The van der Waals surface area contributed by atoms with Crippen LogP contribution in [-0.4, -0.2) is 0 Å². The van der Waals surface area contributed by atoms with Crippen molar-refractivity contribution >= 4 is 33.7 Å². The predicted molar refractivity (Wildman–Crippen MR) is 106 cm³/mol. The number of rotatable bonds is 2. The predicted octanol–water partition coefficient (Wildman–Crippen LogP) is 6.78. The highest BCUT2D eigenvalue weighted by Crippen LogP contribution is 2.26. The molecule has 4 aromatic carbocycles. The van der Waals surface area contributed by atoms with Gasteiger partial charge in [-0.05, 0) is 57.6 Å². The van der Waals surface area contributed by atoms with Crippen LogP contribution in [0.2, 0.25) is 0 Å². The molecule has 0 saturated carbocycles. The van der Waals surface area contributed by atoms with E-state index in [2.05, 4.69) is 98.8 Å². The van der Waals surface area contributed by atoms with Crippen LogP contribution in [0.3, 0.4) is 0 Å². The highest BCUT2D eigenvalue weighted by atomic mass is 14.1. The molecule has 0 amide bonds. The van der Waals surface area contributed by atoms with Crippen molar-refractivity contribution in [3.05, 3.63) is 95.1 Å². The van der Waals surface area contributed by atoms with Crippen molar-refractivity contribution in [3.8, 4) is 0 Å². The van der Waals surface area contributed by atoms with Crippen LogP contribution in [0.25, 0.3) is 33.7 Å². The van der Waals surface area contributed by atoms with Gasteiger partial charge in [0.1, 0.15) is 0 Å². The minimum atomic E-state index is 1.28. The lowest BCUT2D eigenvalue weighted by molar-refractivity contribution is 1.49. The van der Waals surface area contributed by atoms with Gasteiger partial charge in [0.2, 0.25) is 0 Å². The van der Waals surface area contributed by atoms with Crippen LogP contribution < -0.4 is 0 Å². The Balaban J connectivity index is 1.78. The van der Waals surface area contributed by atoms with Gasteiger partial charge in [0.25, 0.3) is 0 Å². The minimum absolute atomic E-state index is 1.28. The molecule has 0 aliphatic heterocycles. The van der Waals surface area contributed by atoms with Crippen LogP contribution in [0.5, 0.6) is 0 Å². The molecule has 24 heavy (non-hydrogen) atoms. The van der Waals surface area contributed by atoms with Gasteiger partial charge in [0.15, 0.2) is 0 Å². The zero-order chi connectivity index (χ0) is 16.5. The summed E-state index contributed by atoms with van der Waals surface area (Å²) in [6.45, 7) is 4.41. The Kier molecular flexibility index (Phi) is 3.66. The summed E-state index contributed by atoms with van der Waals surface area (Å²) in [6.07, 6.45) is 4.47. The first-order valence-electron chi connectivity index (χ1n) is 8.39. The van der Waals surface area contributed by atoms with Gasteiger partial charge in [-0.3, -0.25) is 0 Å². The van der Waals surface area contributed by atoms with E-state index in [0.29, 0.717) is 0 Å². The average Bonchev–Trinajstić information content (AvgIpc) is 2.63. The highest BCUT2D eigenvalue weighted by molar-refractivity contribution is 5.92. The van der Waals surface area contributed by atoms with E-state index in [1.165, 1.54) is 43.8 Å². The largest absolute Gasteiger partial charge is 0.0616 e. The molecule has 116 valence electrons. The fraction of sp³-hybridized carbons (Fsp3) is 0.0833.